The monoisotopic (exact) mass is 458 g/mol. The van der Waals surface area contributed by atoms with Crippen molar-refractivity contribution >= 4 is 45.2 Å². The molecule has 0 spiro atoms. The summed E-state index contributed by atoms with van der Waals surface area (Å²) in [7, 11) is 0. The standard InChI is InChI=1S/C21H19BrN2O3S/c1-28-17-8-4-15(5-9-17)13-23-20(25)12-14-2-6-16(7-3-14)24-21(26)18-10-11-19(22)27-18/h2-11H,12-13H2,1H3,(H,23,25)(H,24,26). The van der Waals surface area contributed by atoms with Gasteiger partial charge in [0.05, 0.1) is 6.42 Å². The quantitative estimate of drug-likeness (QED) is 0.495. The molecule has 0 radical (unpaired) electrons. The summed E-state index contributed by atoms with van der Waals surface area (Å²) >= 11 is 4.85. The smallest absolute Gasteiger partial charge is 0.291 e. The average Bonchev–Trinajstić information content (AvgIpc) is 3.15. The summed E-state index contributed by atoms with van der Waals surface area (Å²) in [5.41, 5.74) is 2.57. The number of furan rings is 1. The third kappa shape index (κ3) is 5.74. The maximum absolute atomic E-state index is 12.2. The molecule has 3 rings (SSSR count). The minimum atomic E-state index is -0.330. The van der Waals surface area contributed by atoms with Crippen molar-refractivity contribution in [3.63, 3.8) is 0 Å². The highest BCUT2D eigenvalue weighted by Crippen LogP contribution is 2.17. The predicted octanol–water partition coefficient (Wildman–Crippen LogP) is 4.88. The van der Waals surface area contributed by atoms with Gasteiger partial charge in [-0.2, -0.15) is 0 Å². The van der Waals surface area contributed by atoms with E-state index in [9.17, 15) is 9.59 Å². The predicted molar refractivity (Wildman–Crippen MR) is 115 cm³/mol. The van der Waals surface area contributed by atoms with Crippen LogP contribution < -0.4 is 10.6 Å². The van der Waals surface area contributed by atoms with Gasteiger partial charge in [0.2, 0.25) is 5.91 Å². The van der Waals surface area contributed by atoms with Crippen molar-refractivity contribution in [3.05, 3.63) is 82.2 Å². The van der Waals surface area contributed by atoms with Crippen molar-refractivity contribution in [2.45, 2.75) is 17.9 Å². The first kappa shape index (κ1) is 20.2. The average molecular weight is 459 g/mol. The number of anilines is 1. The molecule has 0 saturated heterocycles. The number of thioether (sulfide) groups is 1. The summed E-state index contributed by atoms with van der Waals surface area (Å²) in [6.45, 7) is 0.500. The van der Waals surface area contributed by atoms with Gasteiger partial charge in [-0.1, -0.05) is 24.3 Å². The molecule has 3 aromatic rings. The number of hydrogen-bond acceptors (Lipinski definition) is 4. The molecular formula is C21H19BrN2O3S. The van der Waals surface area contributed by atoms with Gasteiger partial charge in [-0.15, -0.1) is 11.8 Å². The minimum Gasteiger partial charge on any atom is -0.444 e. The second-order valence-corrected chi connectivity index (χ2v) is 7.72. The van der Waals surface area contributed by atoms with Crippen LogP contribution in [0.25, 0.3) is 0 Å². The van der Waals surface area contributed by atoms with E-state index in [1.54, 1.807) is 36.0 Å². The van der Waals surface area contributed by atoms with Gasteiger partial charge >= 0.3 is 0 Å². The molecule has 0 aliphatic carbocycles. The Morgan fingerprint density at radius 2 is 1.64 bits per heavy atom. The Hall–Kier alpha value is -2.51. The number of benzene rings is 2. The molecule has 0 bridgehead atoms. The SMILES string of the molecule is CSc1ccc(CNC(=O)Cc2ccc(NC(=O)c3ccc(Br)o3)cc2)cc1. The van der Waals surface area contributed by atoms with Gasteiger partial charge in [-0.3, -0.25) is 9.59 Å². The lowest BCUT2D eigenvalue weighted by Gasteiger charge is -2.07. The van der Waals surface area contributed by atoms with Crippen LogP contribution in [0.5, 0.6) is 0 Å². The van der Waals surface area contributed by atoms with Gasteiger partial charge in [0.1, 0.15) is 0 Å². The van der Waals surface area contributed by atoms with Crippen molar-refractivity contribution in [2.75, 3.05) is 11.6 Å². The van der Waals surface area contributed by atoms with Crippen LogP contribution in [-0.4, -0.2) is 18.1 Å². The fourth-order valence-corrected chi connectivity index (χ4v) is 3.24. The lowest BCUT2D eigenvalue weighted by atomic mass is 10.1. The summed E-state index contributed by atoms with van der Waals surface area (Å²) in [6.07, 6.45) is 2.31. The summed E-state index contributed by atoms with van der Waals surface area (Å²) in [5, 5.41) is 5.68. The highest BCUT2D eigenvalue weighted by atomic mass is 79.9. The first-order chi connectivity index (χ1) is 13.5. The molecule has 144 valence electrons. The Balaban J connectivity index is 1.49. The Kier molecular flexibility index (Phi) is 6.95. The largest absolute Gasteiger partial charge is 0.444 e. The molecule has 1 heterocycles. The third-order valence-electron chi connectivity index (χ3n) is 4.02. The van der Waals surface area contributed by atoms with Crippen molar-refractivity contribution in [1.29, 1.82) is 0 Å². The Labute approximate surface area is 176 Å². The van der Waals surface area contributed by atoms with E-state index in [1.807, 2.05) is 42.7 Å². The normalized spacial score (nSPS) is 10.5. The number of rotatable bonds is 7. The van der Waals surface area contributed by atoms with Gasteiger partial charge in [0.25, 0.3) is 5.91 Å². The molecule has 0 unspecified atom stereocenters. The number of nitrogens with one attached hydrogen (secondary N) is 2. The molecule has 0 atom stereocenters. The van der Waals surface area contributed by atoms with E-state index >= 15 is 0 Å². The molecule has 0 fully saturated rings. The number of halogens is 1. The van der Waals surface area contributed by atoms with Crippen LogP contribution in [0.4, 0.5) is 5.69 Å². The zero-order valence-electron chi connectivity index (χ0n) is 15.2. The molecule has 28 heavy (non-hydrogen) atoms. The second-order valence-electron chi connectivity index (χ2n) is 6.06. The van der Waals surface area contributed by atoms with E-state index in [4.69, 9.17) is 4.42 Å². The number of carbonyl (C=O) groups excluding carboxylic acids is 2. The van der Waals surface area contributed by atoms with Crippen LogP contribution in [0.2, 0.25) is 0 Å². The van der Waals surface area contributed by atoms with Crippen LogP contribution in [0.15, 0.2) is 74.6 Å². The van der Waals surface area contributed by atoms with Gasteiger partial charge in [-0.25, -0.2) is 0 Å². The highest BCUT2D eigenvalue weighted by molar-refractivity contribution is 9.10. The molecule has 1 aromatic heterocycles. The number of amides is 2. The lowest BCUT2D eigenvalue weighted by molar-refractivity contribution is -0.120. The van der Waals surface area contributed by atoms with Crippen molar-refractivity contribution in [3.8, 4) is 0 Å². The maximum Gasteiger partial charge on any atom is 0.291 e. The molecule has 7 heteroatoms. The molecule has 2 amide bonds. The lowest BCUT2D eigenvalue weighted by Crippen LogP contribution is -2.24. The van der Waals surface area contributed by atoms with E-state index in [-0.39, 0.29) is 24.0 Å². The van der Waals surface area contributed by atoms with Gasteiger partial charge in [0.15, 0.2) is 10.4 Å². The summed E-state index contributed by atoms with van der Waals surface area (Å²) in [6, 6.07) is 18.5. The topological polar surface area (TPSA) is 71.3 Å². The zero-order valence-corrected chi connectivity index (χ0v) is 17.6. The van der Waals surface area contributed by atoms with Gasteiger partial charge in [0, 0.05) is 17.1 Å². The highest BCUT2D eigenvalue weighted by Gasteiger charge is 2.11. The maximum atomic E-state index is 12.2. The van der Waals surface area contributed by atoms with E-state index in [0.717, 1.165) is 11.1 Å². The second kappa shape index (κ2) is 9.61. The molecule has 2 N–H and O–H groups in total. The van der Waals surface area contributed by atoms with Crippen molar-refractivity contribution in [2.24, 2.45) is 0 Å². The van der Waals surface area contributed by atoms with Crippen LogP contribution >= 0.6 is 27.7 Å². The van der Waals surface area contributed by atoms with Crippen LogP contribution in [0.3, 0.4) is 0 Å². The van der Waals surface area contributed by atoms with E-state index < -0.39 is 0 Å². The fraction of sp³-hybridized carbons (Fsp3) is 0.143. The summed E-state index contributed by atoms with van der Waals surface area (Å²) in [4.78, 5) is 25.4. The summed E-state index contributed by atoms with van der Waals surface area (Å²) in [5.74, 6) is -0.157. The number of carbonyl (C=O) groups is 2. The van der Waals surface area contributed by atoms with E-state index in [1.165, 1.54) is 4.90 Å². The number of hydrogen-bond donors (Lipinski definition) is 2. The molecule has 5 nitrogen and oxygen atoms in total. The molecular weight excluding hydrogens is 440 g/mol. The van der Waals surface area contributed by atoms with Gasteiger partial charge < -0.3 is 15.1 Å². The van der Waals surface area contributed by atoms with Gasteiger partial charge in [-0.05, 0) is 69.7 Å². The van der Waals surface area contributed by atoms with Crippen LogP contribution in [0, 0.1) is 0 Å². The zero-order chi connectivity index (χ0) is 19.9. The van der Waals surface area contributed by atoms with Crippen LogP contribution in [-0.2, 0) is 17.8 Å². The fourth-order valence-electron chi connectivity index (χ4n) is 2.53. The third-order valence-corrected chi connectivity index (χ3v) is 5.19. The van der Waals surface area contributed by atoms with Crippen molar-refractivity contribution in [1.82, 2.24) is 5.32 Å². The first-order valence-corrected chi connectivity index (χ1v) is 10.6. The molecule has 2 aromatic carbocycles. The van der Waals surface area contributed by atoms with Crippen LogP contribution in [0.1, 0.15) is 21.7 Å². The molecule has 0 aliphatic heterocycles. The Morgan fingerprint density at radius 1 is 0.964 bits per heavy atom. The van der Waals surface area contributed by atoms with E-state index in [2.05, 4.69) is 26.6 Å². The Morgan fingerprint density at radius 3 is 2.25 bits per heavy atom. The van der Waals surface area contributed by atoms with Crippen molar-refractivity contribution < 1.29 is 14.0 Å². The first-order valence-electron chi connectivity index (χ1n) is 8.59. The van der Waals surface area contributed by atoms with E-state index in [0.29, 0.717) is 16.9 Å². The Bertz CT molecular complexity index is 953. The molecule has 0 aliphatic rings. The molecule has 0 saturated carbocycles. The summed E-state index contributed by atoms with van der Waals surface area (Å²) < 4.78 is 5.72. The minimum absolute atomic E-state index is 0.0498.